The quantitative estimate of drug-likeness (QED) is 0.785. The Balaban J connectivity index is 1.89. The van der Waals surface area contributed by atoms with Crippen molar-refractivity contribution >= 4 is 17.4 Å². The molecule has 1 aliphatic heterocycles. The highest BCUT2D eigenvalue weighted by molar-refractivity contribution is 6.06. The highest BCUT2D eigenvalue weighted by atomic mass is 16.1. The van der Waals surface area contributed by atoms with Crippen LogP contribution in [0.4, 0.5) is 11.5 Å². The molecule has 0 unspecified atom stereocenters. The Morgan fingerprint density at radius 1 is 1.35 bits per heavy atom. The van der Waals surface area contributed by atoms with Gasteiger partial charge in [0.1, 0.15) is 0 Å². The Bertz CT molecular complexity index is 660. The number of hydrogen-bond acceptors (Lipinski definition) is 3. The second-order valence-corrected chi connectivity index (χ2v) is 5.14. The van der Waals surface area contributed by atoms with E-state index in [1.165, 1.54) is 0 Å². The van der Waals surface area contributed by atoms with Crippen LogP contribution < -0.4 is 10.6 Å². The van der Waals surface area contributed by atoms with Crippen LogP contribution >= 0.6 is 0 Å². The molecule has 0 spiro atoms. The number of rotatable bonds is 2. The van der Waals surface area contributed by atoms with Crippen LogP contribution in [0.15, 0.2) is 18.2 Å². The van der Waals surface area contributed by atoms with Gasteiger partial charge in [0, 0.05) is 29.1 Å². The van der Waals surface area contributed by atoms with E-state index in [2.05, 4.69) is 20.8 Å². The van der Waals surface area contributed by atoms with E-state index in [4.69, 9.17) is 0 Å². The van der Waals surface area contributed by atoms with Crippen molar-refractivity contribution in [2.45, 2.75) is 26.7 Å². The van der Waals surface area contributed by atoms with E-state index in [0.717, 1.165) is 47.5 Å². The maximum atomic E-state index is 12.5. The van der Waals surface area contributed by atoms with Crippen LogP contribution in [0.5, 0.6) is 0 Å². The third kappa shape index (κ3) is 2.15. The lowest BCUT2D eigenvalue weighted by atomic mass is 9.97. The summed E-state index contributed by atoms with van der Waals surface area (Å²) in [7, 11) is 0. The zero-order valence-corrected chi connectivity index (χ0v) is 11.7. The van der Waals surface area contributed by atoms with Gasteiger partial charge in [-0.25, -0.2) is 0 Å². The maximum Gasteiger partial charge on any atom is 0.257 e. The number of H-pyrrole nitrogens is 1. The number of hydrogen-bond donors (Lipinski definition) is 3. The fourth-order valence-electron chi connectivity index (χ4n) is 2.50. The molecule has 0 radical (unpaired) electrons. The molecule has 20 heavy (non-hydrogen) atoms. The molecule has 1 aliphatic rings. The maximum absolute atomic E-state index is 12.5. The smallest absolute Gasteiger partial charge is 0.257 e. The molecule has 1 aromatic heterocycles. The number of benzene rings is 1. The van der Waals surface area contributed by atoms with Gasteiger partial charge < -0.3 is 10.6 Å². The van der Waals surface area contributed by atoms with Gasteiger partial charge in [0.15, 0.2) is 5.82 Å². The number of carbonyl (C=O) groups excluding carboxylic acids is 1. The molecular weight excluding hydrogens is 252 g/mol. The van der Waals surface area contributed by atoms with E-state index in [9.17, 15) is 4.79 Å². The highest BCUT2D eigenvalue weighted by Crippen LogP contribution is 2.26. The first kappa shape index (κ1) is 12.7. The third-order valence-electron chi connectivity index (χ3n) is 3.82. The summed E-state index contributed by atoms with van der Waals surface area (Å²) < 4.78 is 0. The Hall–Kier alpha value is -2.30. The Labute approximate surface area is 117 Å². The van der Waals surface area contributed by atoms with Crippen LogP contribution in [0, 0.1) is 13.8 Å². The van der Waals surface area contributed by atoms with E-state index < -0.39 is 0 Å². The summed E-state index contributed by atoms with van der Waals surface area (Å²) in [6.45, 7) is 4.85. The monoisotopic (exact) mass is 270 g/mol. The molecule has 2 heterocycles. The van der Waals surface area contributed by atoms with Crippen LogP contribution in [0.2, 0.25) is 0 Å². The number of aromatic amines is 1. The van der Waals surface area contributed by atoms with Crippen molar-refractivity contribution < 1.29 is 4.79 Å². The van der Waals surface area contributed by atoms with E-state index in [0.29, 0.717) is 5.82 Å². The van der Waals surface area contributed by atoms with Gasteiger partial charge in [-0.15, -0.1) is 0 Å². The normalized spacial score (nSPS) is 13.5. The number of fused-ring (bicyclic) bond motifs is 1. The molecule has 5 heteroatoms. The third-order valence-corrected chi connectivity index (χ3v) is 3.82. The lowest BCUT2D eigenvalue weighted by Gasteiger charge is -2.20. The van der Waals surface area contributed by atoms with Crippen molar-refractivity contribution in [2.24, 2.45) is 0 Å². The summed E-state index contributed by atoms with van der Waals surface area (Å²) in [6.07, 6.45) is 1.99. The molecule has 3 N–H and O–H groups in total. The largest absolute Gasteiger partial charge is 0.385 e. The van der Waals surface area contributed by atoms with Gasteiger partial charge in [0.25, 0.3) is 5.91 Å². The number of nitrogens with zero attached hydrogens (tertiary/aromatic N) is 1. The van der Waals surface area contributed by atoms with Crippen molar-refractivity contribution in [1.82, 2.24) is 10.2 Å². The molecule has 1 aromatic carbocycles. The summed E-state index contributed by atoms with van der Waals surface area (Å²) in [4.78, 5) is 12.5. The number of amides is 1. The SMILES string of the molecule is Cc1[nH]nc(NC(=O)c2cccc3c2CCCN3)c1C. The predicted octanol–water partition coefficient (Wildman–Crippen LogP) is 2.64. The number of aromatic nitrogens is 2. The van der Waals surface area contributed by atoms with Crippen molar-refractivity contribution in [3.05, 3.63) is 40.6 Å². The summed E-state index contributed by atoms with van der Waals surface area (Å²) in [5.41, 5.74) is 4.84. The van der Waals surface area contributed by atoms with Gasteiger partial charge in [-0.3, -0.25) is 9.89 Å². The predicted molar refractivity (Wildman–Crippen MR) is 79.3 cm³/mol. The second kappa shape index (κ2) is 5.00. The summed E-state index contributed by atoms with van der Waals surface area (Å²) >= 11 is 0. The number of nitrogens with one attached hydrogen (secondary N) is 3. The average Bonchev–Trinajstić information content (AvgIpc) is 2.78. The fraction of sp³-hybridized carbons (Fsp3) is 0.333. The first-order valence-electron chi connectivity index (χ1n) is 6.85. The topological polar surface area (TPSA) is 69.8 Å². The fourth-order valence-corrected chi connectivity index (χ4v) is 2.50. The van der Waals surface area contributed by atoms with Gasteiger partial charge in [-0.2, -0.15) is 5.10 Å². The minimum absolute atomic E-state index is 0.0971. The zero-order chi connectivity index (χ0) is 14.1. The van der Waals surface area contributed by atoms with Crippen LogP contribution in [0.25, 0.3) is 0 Å². The Morgan fingerprint density at radius 3 is 2.95 bits per heavy atom. The second-order valence-electron chi connectivity index (χ2n) is 5.14. The zero-order valence-electron chi connectivity index (χ0n) is 11.7. The summed E-state index contributed by atoms with van der Waals surface area (Å²) in [5.74, 6) is 0.508. The van der Waals surface area contributed by atoms with Gasteiger partial charge in [0.2, 0.25) is 0 Å². The molecule has 0 atom stereocenters. The molecule has 1 amide bonds. The molecule has 3 rings (SSSR count). The molecule has 0 aliphatic carbocycles. The van der Waals surface area contributed by atoms with Crippen molar-refractivity contribution in [3.8, 4) is 0 Å². The molecule has 0 saturated carbocycles. The number of anilines is 2. The van der Waals surface area contributed by atoms with Crippen molar-refractivity contribution in [1.29, 1.82) is 0 Å². The molecule has 0 bridgehead atoms. The first-order valence-corrected chi connectivity index (χ1v) is 6.85. The number of carbonyl (C=O) groups is 1. The van der Waals surface area contributed by atoms with Gasteiger partial charge in [-0.1, -0.05) is 6.07 Å². The Morgan fingerprint density at radius 2 is 2.20 bits per heavy atom. The standard InChI is InChI=1S/C15H18N4O/c1-9-10(2)18-19-14(9)17-15(20)12-5-3-7-13-11(12)6-4-8-16-13/h3,5,7,16H,4,6,8H2,1-2H3,(H2,17,18,19,20). The van der Waals surface area contributed by atoms with Crippen LogP contribution in [0.1, 0.15) is 33.6 Å². The molecule has 104 valence electrons. The lowest BCUT2D eigenvalue weighted by Crippen LogP contribution is -2.19. The van der Waals surface area contributed by atoms with Crippen LogP contribution in [-0.2, 0) is 6.42 Å². The first-order chi connectivity index (χ1) is 9.66. The van der Waals surface area contributed by atoms with Gasteiger partial charge in [0.05, 0.1) is 0 Å². The van der Waals surface area contributed by atoms with Crippen molar-refractivity contribution in [3.63, 3.8) is 0 Å². The minimum atomic E-state index is -0.0971. The lowest BCUT2D eigenvalue weighted by molar-refractivity contribution is 0.102. The molecule has 5 nitrogen and oxygen atoms in total. The summed E-state index contributed by atoms with van der Waals surface area (Å²) in [6, 6.07) is 5.81. The molecule has 0 saturated heterocycles. The van der Waals surface area contributed by atoms with Crippen LogP contribution in [0.3, 0.4) is 0 Å². The van der Waals surface area contributed by atoms with Crippen molar-refractivity contribution in [2.75, 3.05) is 17.2 Å². The molecule has 0 fully saturated rings. The van der Waals surface area contributed by atoms with Gasteiger partial charge >= 0.3 is 0 Å². The molecular formula is C15H18N4O. The molecule has 2 aromatic rings. The minimum Gasteiger partial charge on any atom is -0.385 e. The number of aryl methyl sites for hydroxylation is 1. The average molecular weight is 270 g/mol. The van der Waals surface area contributed by atoms with E-state index in [1.807, 2.05) is 32.0 Å². The van der Waals surface area contributed by atoms with E-state index in [-0.39, 0.29) is 5.91 Å². The van der Waals surface area contributed by atoms with E-state index >= 15 is 0 Å². The van der Waals surface area contributed by atoms with E-state index in [1.54, 1.807) is 0 Å². The van der Waals surface area contributed by atoms with Crippen LogP contribution in [-0.4, -0.2) is 22.6 Å². The Kier molecular flexibility index (Phi) is 3.18. The summed E-state index contributed by atoms with van der Waals surface area (Å²) in [5, 5.41) is 13.2. The van der Waals surface area contributed by atoms with Gasteiger partial charge in [-0.05, 0) is 44.4 Å². The highest BCUT2D eigenvalue weighted by Gasteiger charge is 2.18.